The van der Waals surface area contributed by atoms with Crippen LogP contribution in [0.25, 0.3) is 0 Å². The zero-order valence-corrected chi connectivity index (χ0v) is 13.1. The number of hydrogen-bond donors (Lipinski definition) is 1. The predicted octanol–water partition coefficient (Wildman–Crippen LogP) is 2.26. The van der Waals surface area contributed by atoms with E-state index < -0.39 is 0 Å². The lowest BCUT2D eigenvalue weighted by Crippen LogP contribution is -2.43. The third kappa shape index (κ3) is 4.74. The standard InChI is InChI=1S/C14H21ClN2O2S/c15-5-1-4-14(18)16-11-12(13-3-2-10-20-13)17-6-8-19-9-7-17/h2-3,10,12H,1,4-9,11H2,(H,16,18)/t12-/m0/s1. The van der Waals surface area contributed by atoms with Gasteiger partial charge in [0.1, 0.15) is 0 Å². The van der Waals surface area contributed by atoms with Crippen molar-refractivity contribution < 1.29 is 9.53 Å². The summed E-state index contributed by atoms with van der Waals surface area (Å²) in [5, 5.41) is 5.11. The van der Waals surface area contributed by atoms with Gasteiger partial charge in [0.25, 0.3) is 0 Å². The Morgan fingerprint density at radius 3 is 2.95 bits per heavy atom. The summed E-state index contributed by atoms with van der Waals surface area (Å²) in [6, 6.07) is 4.44. The molecule has 1 atom stereocenters. The van der Waals surface area contributed by atoms with Crippen LogP contribution in [-0.2, 0) is 9.53 Å². The minimum atomic E-state index is 0.0838. The summed E-state index contributed by atoms with van der Waals surface area (Å²) in [6.07, 6.45) is 1.23. The van der Waals surface area contributed by atoms with E-state index in [2.05, 4.69) is 27.7 Å². The van der Waals surface area contributed by atoms with Crippen LogP contribution in [0.2, 0.25) is 0 Å². The van der Waals surface area contributed by atoms with Gasteiger partial charge in [-0.05, 0) is 17.9 Å². The van der Waals surface area contributed by atoms with Crippen molar-refractivity contribution in [3.8, 4) is 0 Å². The molecule has 0 aromatic carbocycles. The Morgan fingerprint density at radius 2 is 2.30 bits per heavy atom. The van der Waals surface area contributed by atoms with Crippen LogP contribution in [0.5, 0.6) is 0 Å². The monoisotopic (exact) mass is 316 g/mol. The minimum Gasteiger partial charge on any atom is -0.379 e. The van der Waals surface area contributed by atoms with Crippen LogP contribution >= 0.6 is 22.9 Å². The van der Waals surface area contributed by atoms with Gasteiger partial charge in [-0.1, -0.05) is 6.07 Å². The number of halogens is 1. The molecule has 2 heterocycles. The summed E-state index contributed by atoms with van der Waals surface area (Å²) in [4.78, 5) is 15.4. The minimum absolute atomic E-state index is 0.0838. The molecule has 1 N–H and O–H groups in total. The van der Waals surface area contributed by atoms with Crippen molar-refractivity contribution in [3.63, 3.8) is 0 Å². The van der Waals surface area contributed by atoms with Crippen LogP contribution in [0.4, 0.5) is 0 Å². The van der Waals surface area contributed by atoms with Gasteiger partial charge in [0.05, 0.1) is 19.3 Å². The van der Waals surface area contributed by atoms with Gasteiger partial charge in [0.2, 0.25) is 5.91 Å². The van der Waals surface area contributed by atoms with Crippen LogP contribution in [0, 0.1) is 0 Å². The molecule has 0 radical (unpaired) electrons. The van der Waals surface area contributed by atoms with E-state index in [1.807, 2.05) is 0 Å². The Bertz CT molecular complexity index is 394. The van der Waals surface area contributed by atoms with Gasteiger partial charge in [-0.3, -0.25) is 9.69 Å². The third-order valence-corrected chi connectivity index (χ3v) is 4.63. The Hall–Kier alpha value is -0.620. The molecule has 0 spiro atoms. The summed E-state index contributed by atoms with van der Waals surface area (Å²) in [7, 11) is 0. The molecule has 112 valence electrons. The Balaban J connectivity index is 1.91. The van der Waals surface area contributed by atoms with Gasteiger partial charge in [-0.2, -0.15) is 0 Å². The van der Waals surface area contributed by atoms with Crippen molar-refractivity contribution in [2.24, 2.45) is 0 Å². The number of hydrogen-bond acceptors (Lipinski definition) is 4. The summed E-state index contributed by atoms with van der Waals surface area (Å²) >= 11 is 7.35. The largest absolute Gasteiger partial charge is 0.379 e. The lowest BCUT2D eigenvalue weighted by Gasteiger charge is -2.34. The molecule has 1 saturated heterocycles. The average molecular weight is 317 g/mol. The molecule has 0 saturated carbocycles. The van der Waals surface area contributed by atoms with Gasteiger partial charge < -0.3 is 10.1 Å². The first kappa shape index (κ1) is 15.8. The first-order valence-electron chi connectivity index (χ1n) is 6.99. The topological polar surface area (TPSA) is 41.6 Å². The number of nitrogens with zero attached hydrogens (tertiary/aromatic N) is 1. The number of thiophene rings is 1. The van der Waals surface area contributed by atoms with Crippen LogP contribution in [-0.4, -0.2) is 49.5 Å². The molecule has 1 aromatic rings. The highest BCUT2D eigenvalue weighted by Gasteiger charge is 2.23. The lowest BCUT2D eigenvalue weighted by molar-refractivity contribution is -0.121. The van der Waals surface area contributed by atoms with E-state index >= 15 is 0 Å². The molecule has 0 bridgehead atoms. The highest BCUT2D eigenvalue weighted by molar-refractivity contribution is 7.10. The zero-order chi connectivity index (χ0) is 14.2. The predicted molar refractivity (Wildman–Crippen MR) is 82.4 cm³/mol. The zero-order valence-electron chi connectivity index (χ0n) is 11.5. The van der Waals surface area contributed by atoms with Crippen molar-refractivity contribution in [2.45, 2.75) is 18.9 Å². The molecular formula is C14H21ClN2O2S. The second-order valence-corrected chi connectivity index (χ2v) is 6.13. The molecule has 1 amide bonds. The number of nitrogens with one attached hydrogen (secondary N) is 1. The molecule has 4 nitrogen and oxygen atoms in total. The number of amides is 1. The molecule has 1 aromatic heterocycles. The van der Waals surface area contributed by atoms with E-state index in [1.54, 1.807) is 11.3 Å². The van der Waals surface area contributed by atoms with Crippen molar-refractivity contribution >= 4 is 28.8 Å². The highest BCUT2D eigenvalue weighted by atomic mass is 35.5. The summed E-state index contributed by atoms with van der Waals surface area (Å²) in [5.74, 6) is 0.617. The maximum absolute atomic E-state index is 11.7. The van der Waals surface area contributed by atoms with Crippen LogP contribution in [0.15, 0.2) is 17.5 Å². The van der Waals surface area contributed by atoms with E-state index in [9.17, 15) is 4.79 Å². The highest BCUT2D eigenvalue weighted by Crippen LogP contribution is 2.25. The molecule has 0 unspecified atom stereocenters. The van der Waals surface area contributed by atoms with Gasteiger partial charge >= 0.3 is 0 Å². The number of alkyl halides is 1. The summed E-state index contributed by atoms with van der Waals surface area (Å²) in [5.41, 5.74) is 0. The van der Waals surface area contributed by atoms with E-state index in [1.165, 1.54) is 4.88 Å². The van der Waals surface area contributed by atoms with Crippen molar-refractivity contribution in [3.05, 3.63) is 22.4 Å². The van der Waals surface area contributed by atoms with E-state index in [0.717, 1.165) is 32.7 Å². The number of carbonyl (C=O) groups excluding carboxylic acids is 1. The fourth-order valence-electron chi connectivity index (χ4n) is 2.31. The molecule has 1 fully saturated rings. The molecule has 1 aliphatic rings. The molecule has 6 heteroatoms. The SMILES string of the molecule is O=C(CCCCl)NC[C@@H](c1cccs1)N1CCOCC1. The second kappa shape index (κ2) is 8.62. The average Bonchev–Trinajstić information content (AvgIpc) is 3.00. The Kier molecular flexibility index (Phi) is 6.79. The fourth-order valence-corrected chi connectivity index (χ4v) is 3.30. The molecule has 0 aliphatic carbocycles. The van der Waals surface area contributed by atoms with E-state index in [4.69, 9.17) is 16.3 Å². The number of carbonyl (C=O) groups is 1. The van der Waals surface area contributed by atoms with Crippen molar-refractivity contribution in [1.29, 1.82) is 0 Å². The van der Waals surface area contributed by atoms with Gasteiger partial charge in [0.15, 0.2) is 0 Å². The van der Waals surface area contributed by atoms with E-state index in [0.29, 0.717) is 18.8 Å². The second-order valence-electron chi connectivity index (χ2n) is 4.78. The maximum atomic E-state index is 11.7. The van der Waals surface area contributed by atoms with Crippen LogP contribution < -0.4 is 5.32 Å². The Labute approximate surface area is 129 Å². The van der Waals surface area contributed by atoms with Crippen LogP contribution in [0.1, 0.15) is 23.8 Å². The van der Waals surface area contributed by atoms with Crippen molar-refractivity contribution in [1.82, 2.24) is 10.2 Å². The lowest BCUT2D eigenvalue weighted by atomic mass is 10.2. The first-order valence-corrected chi connectivity index (χ1v) is 8.40. The van der Waals surface area contributed by atoms with Gasteiger partial charge in [-0.25, -0.2) is 0 Å². The Morgan fingerprint density at radius 1 is 1.50 bits per heavy atom. The maximum Gasteiger partial charge on any atom is 0.220 e. The van der Waals surface area contributed by atoms with Gasteiger partial charge in [0, 0.05) is 36.8 Å². The summed E-state index contributed by atoms with van der Waals surface area (Å²) < 4.78 is 5.41. The quantitative estimate of drug-likeness (QED) is 0.785. The molecule has 1 aliphatic heterocycles. The normalized spacial score (nSPS) is 17.9. The van der Waals surface area contributed by atoms with Gasteiger partial charge in [-0.15, -0.1) is 22.9 Å². The molecule has 20 heavy (non-hydrogen) atoms. The number of ether oxygens (including phenoxy) is 1. The van der Waals surface area contributed by atoms with Crippen molar-refractivity contribution in [2.75, 3.05) is 38.7 Å². The number of morpholine rings is 1. The third-order valence-electron chi connectivity index (χ3n) is 3.39. The molecular weight excluding hydrogens is 296 g/mol. The smallest absolute Gasteiger partial charge is 0.220 e. The van der Waals surface area contributed by atoms with Crippen LogP contribution in [0.3, 0.4) is 0 Å². The van der Waals surface area contributed by atoms with E-state index in [-0.39, 0.29) is 11.9 Å². The number of rotatable bonds is 7. The molecule has 2 rings (SSSR count). The fraction of sp³-hybridized carbons (Fsp3) is 0.643. The first-order chi connectivity index (χ1) is 9.81. The summed E-state index contributed by atoms with van der Waals surface area (Å²) in [6.45, 7) is 4.02.